The Morgan fingerprint density at radius 2 is 1.83 bits per heavy atom. The Hall–Kier alpha value is -3.19. The van der Waals surface area contributed by atoms with E-state index in [0.29, 0.717) is 12.2 Å². The van der Waals surface area contributed by atoms with Crippen molar-refractivity contribution in [3.05, 3.63) is 72.1 Å². The van der Waals surface area contributed by atoms with Crippen molar-refractivity contribution in [3.8, 4) is 11.4 Å². The van der Waals surface area contributed by atoms with Gasteiger partial charge in [-0.1, -0.05) is 36.4 Å². The first-order valence-electron chi connectivity index (χ1n) is 9.89. The summed E-state index contributed by atoms with van der Waals surface area (Å²) < 4.78 is 5.56. The number of carbonyl (C=O) groups excluding carboxylic acids is 1. The third-order valence-electron chi connectivity index (χ3n) is 5.25. The van der Waals surface area contributed by atoms with Crippen LogP contribution in [0.5, 0.6) is 5.75 Å². The molecule has 0 saturated carbocycles. The van der Waals surface area contributed by atoms with Crippen molar-refractivity contribution in [2.75, 3.05) is 26.7 Å². The molecule has 0 unspecified atom stereocenters. The minimum atomic E-state index is -0.230. The van der Waals surface area contributed by atoms with Crippen LogP contribution in [0.15, 0.2) is 60.8 Å². The number of hydrogen-bond acceptors (Lipinski definition) is 5. The van der Waals surface area contributed by atoms with Crippen LogP contribution >= 0.6 is 0 Å². The molecule has 150 valence electrons. The lowest BCUT2D eigenvalue weighted by Gasteiger charge is -2.29. The summed E-state index contributed by atoms with van der Waals surface area (Å²) in [4.78, 5) is 16.6. The number of nitrogens with one attached hydrogen (secondary N) is 1. The highest BCUT2D eigenvalue weighted by Gasteiger charge is 2.26. The number of likely N-dealkylation sites (tertiary alicyclic amines) is 1. The topological polar surface area (TPSA) is 72.3 Å². The van der Waals surface area contributed by atoms with Crippen LogP contribution in [0.25, 0.3) is 5.69 Å². The molecule has 1 fully saturated rings. The molecule has 4 rings (SSSR count). The number of benzene rings is 2. The van der Waals surface area contributed by atoms with Gasteiger partial charge in [0.2, 0.25) is 0 Å². The predicted molar refractivity (Wildman–Crippen MR) is 110 cm³/mol. The molecule has 1 aliphatic rings. The number of nitrogens with zero attached hydrogens (tertiary/aromatic N) is 4. The lowest BCUT2D eigenvalue weighted by atomic mass is 10.0. The van der Waals surface area contributed by atoms with Crippen LogP contribution in [0.4, 0.5) is 0 Å². The Morgan fingerprint density at radius 1 is 1.10 bits per heavy atom. The number of aromatic nitrogens is 3. The van der Waals surface area contributed by atoms with E-state index >= 15 is 0 Å². The quantitative estimate of drug-likeness (QED) is 0.671. The molecule has 0 bridgehead atoms. The van der Waals surface area contributed by atoms with Crippen LogP contribution in [0.1, 0.15) is 34.9 Å². The molecule has 2 aromatic carbocycles. The van der Waals surface area contributed by atoms with E-state index in [9.17, 15) is 4.79 Å². The number of carbonyl (C=O) groups is 1. The second kappa shape index (κ2) is 8.87. The number of amides is 1. The smallest absolute Gasteiger partial charge is 0.273 e. The Balaban J connectivity index is 1.49. The van der Waals surface area contributed by atoms with E-state index < -0.39 is 0 Å². The van der Waals surface area contributed by atoms with Crippen molar-refractivity contribution >= 4 is 5.91 Å². The second-order valence-electron chi connectivity index (χ2n) is 7.07. The van der Waals surface area contributed by atoms with Crippen LogP contribution in [0.2, 0.25) is 0 Å². The standard InChI is InChI=1S/C22H25N5O2/c1-29-21-12-6-5-11-18(21)20(26-13-7-8-14-26)16-23-22(28)19-15-24-27(25-19)17-9-3-2-4-10-17/h2-6,9-12,15,20H,7-8,13-14,16H2,1H3,(H,23,28)/t20-/m0/s1. The van der Waals surface area contributed by atoms with E-state index in [-0.39, 0.29) is 11.9 Å². The van der Waals surface area contributed by atoms with Crippen LogP contribution in [-0.4, -0.2) is 52.5 Å². The second-order valence-corrected chi connectivity index (χ2v) is 7.07. The number of methoxy groups -OCH3 is 1. The molecule has 2 heterocycles. The van der Waals surface area contributed by atoms with E-state index in [4.69, 9.17) is 4.74 Å². The largest absolute Gasteiger partial charge is 0.496 e. The molecule has 1 amide bonds. The SMILES string of the molecule is COc1ccccc1[C@H](CNC(=O)c1cnn(-c2ccccc2)n1)N1CCCC1. The van der Waals surface area contributed by atoms with Gasteiger partial charge < -0.3 is 10.1 Å². The average Bonchev–Trinajstić information content (AvgIpc) is 3.47. The molecular formula is C22H25N5O2. The monoisotopic (exact) mass is 391 g/mol. The fraction of sp³-hybridized carbons (Fsp3) is 0.318. The molecule has 0 aliphatic carbocycles. The normalized spacial score (nSPS) is 15.2. The molecule has 3 aromatic rings. The molecule has 1 N–H and O–H groups in total. The molecular weight excluding hydrogens is 366 g/mol. The molecule has 1 saturated heterocycles. The van der Waals surface area contributed by atoms with Gasteiger partial charge in [-0.2, -0.15) is 9.90 Å². The molecule has 7 heteroatoms. The van der Waals surface area contributed by atoms with Gasteiger partial charge >= 0.3 is 0 Å². The maximum Gasteiger partial charge on any atom is 0.273 e. The van der Waals surface area contributed by atoms with E-state index in [0.717, 1.165) is 30.1 Å². The summed E-state index contributed by atoms with van der Waals surface area (Å²) in [6.07, 6.45) is 3.84. The van der Waals surface area contributed by atoms with Crippen molar-refractivity contribution < 1.29 is 9.53 Å². The van der Waals surface area contributed by atoms with Gasteiger partial charge in [-0.3, -0.25) is 9.69 Å². The minimum Gasteiger partial charge on any atom is -0.496 e. The molecule has 0 spiro atoms. The van der Waals surface area contributed by atoms with Crippen LogP contribution < -0.4 is 10.1 Å². The van der Waals surface area contributed by atoms with Gasteiger partial charge in [0, 0.05) is 12.1 Å². The van der Waals surface area contributed by atoms with Crippen molar-refractivity contribution in [1.29, 1.82) is 0 Å². The van der Waals surface area contributed by atoms with Gasteiger partial charge in [-0.25, -0.2) is 0 Å². The molecule has 1 aliphatic heterocycles. The Morgan fingerprint density at radius 3 is 2.59 bits per heavy atom. The lowest BCUT2D eigenvalue weighted by Crippen LogP contribution is -2.37. The Labute approximate surface area is 170 Å². The zero-order chi connectivity index (χ0) is 20.1. The zero-order valence-electron chi connectivity index (χ0n) is 16.5. The molecule has 1 atom stereocenters. The van der Waals surface area contributed by atoms with Crippen molar-refractivity contribution in [2.45, 2.75) is 18.9 Å². The van der Waals surface area contributed by atoms with Crippen molar-refractivity contribution in [1.82, 2.24) is 25.2 Å². The van der Waals surface area contributed by atoms with E-state index in [1.165, 1.54) is 23.8 Å². The highest BCUT2D eigenvalue weighted by atomic mass is 16.5. The first-order chi connectivity index (χ1) is 14.3. The zero-order valence-corrected chi connectivity index (χ0v) is 16.5. The van der Waals surface area contributed by atoms with Gasteiger partial charge in [-0.15, -0.1) is 5.10 Å². The van der Waals surface area contributed by atoms with Gasteiger partial charge in [0.05, 0.1) is 25.0 Å². The number of rotatable bonds is 7. The van der Waals surface area contributed by atoms with Gasteiger partial charge in [0.1, 0.15) is 5.75 Å². The summed E-state index contributed by atoms with van der Waals surface area (Å²) in [7, 11) is 1.68. The van der Waals surface area contributed by atoms with Crippen molar-refractivity contribution in [3.63, 3.8) is 0 Å². The Bertz CT molecular complexity index is 951. The third kappa shape index (κ3) is 4.30. The van der Waals surface area contributed by atoms with Crippen LogP contribution in [-0.2, 0) is 0 Å². The Kier molecular flexibility index (Phi) is 5.86. The molecule has 29 heavy (non-hydrogen) atoms. The van der Waals surface area contributed by atoms with Gasteiger partial charge in [0.25, 0.3) is 5.91 Å². The maximum atomic E-state index is 12.7. The fourth-order valence-electron chi connectivity index (χ4n) is 3.76. The van der Waals surface area contributed by atoms with Crippen LogP contribution in [0, 0.1) is 0 Å². The summed E-state index contributed by atoms with van der Waals surface area (Å²) in [5.74, 6) is 0.611. The lowest BCUT2D eigenvalue weighted by molar-refractivity contribution is 0.0932. The first-order valence-corrected chi connectivity index (χ1v) is 9.89. The van der Waals surface area contributed by atoms with E-state index in [2.05, 4.69) is 26.5 Å². The predicted octanol–water partition coefficient (Wildman–Crippen LogP) is 2.84. The summed E-state index contributed by atoms with van der Waals surface area (Å²) in [5.41, 5.74) is 2.20. The summed E-state index contributed by atoms with van der Waals surface area (Å²) in [6.45, 7) is 2.52. The highest BCUT2D eigenvalue weighted by molar-refractivity contribution is 5.91. The van der Waals surface area contributed by atoms with Gasteiger partial charge in [-0.05, 0) is 44.1 Å². The van der Waals surface area contributed by atoms with Gasteiger partial charge in [0.15, 0.2) is 5.69 Å². The number of hydrogen-bond donors (Lipinski definition) is 1. The molecule has 0 radical (unpaired) electrons. The third-order valence-corrected chi connectivity index (χ3v) is 5.25. The maximum absolute atomic E-state index is 12.7. The number of para-hydroxylation sites is 2. The molecule has 1 aromatic heterocycles. The van der Waals surface area contributed by atoms with E-state index in [1.807, 2.05) is 48.5 Å². The molecule has 7 nitrogen and oxygen atoms in total. The van der Waals surface area contributed by atoms with E-state index in [1.54, 1.807) is 7.11 Å². The van der Waals surface area contributed by atoms with Crippen LogP contribution in [0.3, 0.4) is 0 Å². The minimum absolute atomic E-state index is 0.0572. The summed E-state index contributed by atoms with van der Waals surface area (Å²) in [5, 5.41) is 11.6. The highest BCUT2D eigenvalue weighted by Crippen LogP contribution is 2.31. The summed E-state index contributed by atoms with van der Waals surface area (Å²) >= 11 is 0. The number of ether oxygens (including phenoxy) is 1. The first kappa shape index (κ1) is 19.1. The fourth-order valence-corrected chi connectivity index (χ4v) is 3.76. The summed E-state index contributed by atoms with van der Waals surface area (Å²) in [6, 6.07) is 17.6. The average molecular weight is 391 g/mol. The van der Waals surface area contributed by atoms with Crippen molar-refractivity contribution in [2.24, 2.45) is 0 Å².